The van der Waals surface area contributed by atoms with Gasteiger partial charge in [-0.3, -0.25) is 14.6 Å². The standard InChI is InChI=1S/C17H23N5O2/c1-14-19-20-17(24-14)11-18-16(23)13-22-9-7-21(8-10-22)12-15-5-3-2-4-6-15/h2-6H,7-13H2,1H3,(H,18,23). The molecule has 0 saturated carbocycles. The van der Waals surface area contributed by atoms with Crippen LogP contribution in [-0.4, -0.2) is 58.6 Å². The molecule has 1 aromatic heterocycles. The monoisotopic (exact) mass is 329 g/mol. The van der Waals surface area contributed by atoms with E-state index in [1.807, 2.05) is 6.07 Å². The molecular weight excluding hydrogens is 306 g/mol. The van der Waals surface area contributed by atoms with Crippen LogP contribution in [-0.2, 0) is 17.9 Å². The highest BCUT2D eigenvalue weighted by molar-refractivity contribution is 5.77. The lowest BCUT2D eigenvalue weighted by atomic mass is 10.2. The predicted octanol–water partition coefficient (Wildman–Crippen LogP) is 0.812. The van der Waals surface area contributed by atoms with Gasteiger partial charge in [-0.05, 0) is 5.56 Å². The molecule has 3 rings (SSSR count). The number of hydrogen-bond donors (Lipinski definition) is 1. The summed E-state index contributed by atoms with van der Waals surface area (Å²) in [5.41, 5.74) is 1.33. The van der Waals surface area contributed by atoms with Crippen LogP contribution in [0, 0.1) is 6.92 Å². The van der Waals surface area contributed by atoms with Crippen LogP contribution in [0.15, 0.2) is 34.7 Å². The molecule has 1 aliphatic rings. The van der Waals surface area contributed by atoms with Gasteiger partial charge >= 0.3 is 0 Å². The summed E-state index contributed by atoms with van der Waals surface area (Å²) in [6.45, 7) is 7.15. The second-order valence-electron chi connectivity index (χ2n) is 6.03. The molecule has 24 heavy (non-hydrogen) atoms. The van der Waals surface area contributed by atoms with E-state index < -0.39 is 0 Å². The second kappa shape index (κ2) is 8.03. The van der Waals surface area contributed by atoms with Gasteiger partial charge in [-0.1, -0.05) is 30.3 Å². The van der Waals surface area contributed by atoms with Gasteiger partial charge in [0, 0.05) is 39.6 Å². The SMILES string of the molecule is Cc1nnc(CNC(=O)CN2CCN(Cc3ccccc3)CC2)o1. The summed E-state index contributed by atoms with van der Waals surface area (Å²) in [7, 11) is 0. The number of benzene rings is 1. The Labute approximate surface area is 141 Å². The van der Waals surface area contributed by atoms with Gasteiger partial charge in [0.1, 0.15) is 0 Å². The summed E-state index contributed by atoms with van der Waals surface area (Å²) >= 11 is 0. The Morgan fingerprint density at radius 3 is 2.50 bits per heavy atom. The molecule has 0 unspecified atom stereocenters. The molecule has 1 N–H and O–H groups in total. The van der Waals surface area contributed by atoms with Gasteiger partial charge in [0.05, 0.1) is 13.1 Å². The second-order valence-corrected chi connectivity index (χ2v) is 6.03. The van der Waals surface area contributed by atoms with Crippen molar-refractivity contribution in [3.8, 4) is 0 Å². The number of nitrogens with zero attached hydrogens (tertiary/aromatic N) is 4. The highest BCUT2D eigenvalue weighted by Gasteiger charge is 2.19. The summed E-state index contributed by atoms with van der Waals surface area (Å²) < 4.78 is 5.24. The normalized spacial score (nSPS) is 16.2. The third-order valence-corrected chi connectivity index (χ3v) is 4.09. The van der Waals surface area contributed by atoms with Gasteiger partial charge in [0.2, 0.25) is 17.7 Å². The molecule has 1 aliphatic heterocycles. The van der Waals surface area contributed by atoms with Gasteiger partial charge in [-0.25, -0.2) is 0 Å². The molecule has 0 radical (unpaired) electrons. The fourth-order valence-corrected chi connectivity index (χ4v) is 2.79. The van der Waals surface area contributed by atoms with Crippen LogP contribution in [0.5, 0.6) is 0 Å². The molecule has 1 saturated heterocycles. The Hall–Kier alpha value is -2.25. The van der Waals surface area contributed by atoms with E-state index in [0.717, 1.165) is 32.7 Å². The summed E-state index contributed by atoms with van der Waals surface area (Å²) in [5.74, 6) is 0.935. The minimum atomic E-state index is -0.0117. The van der Waals surface area contributed by atoms with Crippen LogP contribution in [0.4, 0.5) is 0 Å². The van der Waals surface area contributed by atoms with Crippen molar-refractivity contribution >= 4 is 5.91 Å². The molecule has 0 bridgehead atoms. The van der Waals surface area contributed by atoms with Crippen LogP contribution < -0.4 is 5.32 Å². The van der Waals surface area contributed by atoms with Crippen molar-refractivity contribution in [2.45, 2.75) is 20.0 Å². The first-order valence-corrected chi connectivity index (χ1v) is 8.23. The summed E-state index contributed by atoms with van der Waals surface area (Å²) in [5, 5.41) is 10.4. The number of hydrogen-bond acceptors (Lipinski definition) is 6. The number of aryl methyl sites for hydroxylation is 1. The van der Waals surface area contributed by atoms with E-state index in [-0.39, 0.29) is 12.5 Å². The molecular formula is C17H23N5O2. The van der Waals surface area contributed by atoms with Crippen molar-refractivity contribution in [1.29, 1.82) is 0 Å². The molecule has 7 heteroatoms. The first-order valence-electron chi connectivity index (χ1n) is 8.23. The minimum Gasteiger partial charge on any atom is -0.424 e. The smallest absolute Gasteiger partial charge is 0.235 e. The summed E-state index contributed by atoms with van der Waals surface area (Å²) in [6.07, 6.45) is 0. The summed E-state index contributed by atoms with van der Waals surface area (Å²) in [4.78, 5) is 16.6. The van der Waals surface area contributed by atoms with Crippen LogP contribution in [0.3, 0.4) is 0 Å². The quantitative estimate of drug-likeness (QED) is 0.845. The fraction of sp³-hybridized carbons (Fsp3) is 0.471. The van der Waals surface area contributed by atoms with E-state index >= 15 is 0 Å². The largest absolute Gasteiger partial charge is 0.424 e. The number of carbonyl (C=O) groups is 1. The van der Waals surface area contributed by atoms with E-state index in [9.17, 15) is 4.79 Å². The zero-order valence-corrected chi connectivity index (χ0v) is 13.9. The maximum absolute atomic E-state index is 12.0. The molecule has 0 aliphatic carbocycles. The summed E-state index contributed by atoms with van der Waals surface area (Å²) in [6, 6.07) is 10.5. The highest BCUT2D eigenvalue weighted by atomic mass is 16.4. The molecule has 1 aromatic carbocycles. The molecule has 7 nitrogen and oxygen atoms in total. The lowest BCUT2D eigenvalue weighted by molar-refractivity contribution is -0.123. The average molecular weight is 329 g/mol. The van der Waals surface area contributed by atoms with Crippen molar-refractivity contribution in [2.75, 3.05) is 32.7 Å². The van der Waals surface area contributed by atoms with Crippen LogP contribution in [0.25, 0.3) is 0 Å². The van der Waals surface area contributed by atoms with Crippen LogP contribution in [0.1, 0.15) is 17.3 Å². The number of carbonyl (C=O) groups excluding carboxylic acids is 1. The van der Waals surface area contributed by atoms with Gasteiger partial charge < -0.3 is 9.73 Å². The zero-order valence-electron chi connectivity index (χ0n) is 13.9. The number of aromatic nitrogens is 2. The van der Waals surface area contributed by atoms with Crippen molar-refractivity contribution in [3.63, 3.8) is 0 Å². The number of rotatable bonds is 6. The first kappa shape index (κ1) is 16.6. The predicted molar refractivity (Wildman–Crippen MR) is 89.0 cm³/mol. The van der Waals surface area contributed by atoms with Crippen molar-refractivity contribution in [2.24, 2.45) is 0 Å². The molecule has 2 aromatic rings. The molecule has 1 fully saturated rings. The lowest BCUT2D eigenvalue weighted by Crippen LogP contribution is -2.49. The van der Waals surface area contributed by atoms with Crippen LogP contribution in [0.2, 0.25) is 0 Å². The van der Waals surface area contributed by atoms with Crippen molar-refractivity contribution < 1.29 is 9.21 Å². The zero-order chi connectivity index (χ0) is 16.8. The lowest BCUT2D eigenvalue weighted by Gasteiger charge is -2.34. The number of amides is 1. The van der Waals surface area contributed by atoms with E-state index in [1.165, 1.54) is 5.56 Å². The van der Waals surface area contributed by atoms with Gasteiger partial charge in [0.25, 0.3) is 0 Å². The van der Waals surface area contributed by atoms with Gasteiger partial charge in [-0.2, -0.15) is 0 Å². The Morgan fingerprint density at radius 2 is 1.83 bits per heavy atom. The van der Waals surface area contributed by atoms with E-state index in [2.05, 4.69) is 49.6 Å². The van der Waals surface area contributed by atoms with E-state index in [0.29, 0.717) is 18.3 Å². The topological polar surface area (TPSA) is 74.5 Å². The van der Waals surface area contributed by atoms with Gasteiger partial charge in [-0.15, -0.1) is 10.2 Å². The molecule has 0 atom stereocenters. The third kappa shape index (κ3) is 4.87. The third-order valence-electron chi connectivity index (χ3n) is 4.09. The van der Waals surface area contributed by atoms with E-state index in [1.54, 1.807) is 6.92 Å². The van der Waals surface area contributed by atoms with Crippen LogP contribution >= 0.6 is 0 Å². The first-order chi connectivity index (χ1) is 11.7. The number of piperazine rings is 1. The Kier molecular flexibility index (Phi) is 5.55. The molecule has 128 valence electrons. The maximum Gasteiger partial charge on any atom is 0.235 e. The van der Waals surface area contributed by atoms with Gasteiger partial charge in [0.15, 0.2) is 0 Å². The Morgan fingerprint density at radius 1 is 1.12 bits per heavy atom. The highest BCUT2D eigenvalue weighted by Crippen LogP contribution is 2.08. The van der Waals surface area contributed by atoms with E-state index in [4.69, 9.17) is 4.42 Å². The maximum atomic E-state index is 12.0. The average Bonchev–Trinajstić information content (AvgIpc) is 3.01. The molecule has 1 amide bonds. The Bertz CT molecular complexity index is 650. The minimum absolute atomic E-state index is 0.0117. The fourth-order valence-electron chi connectivity index (χ4n) is 2.79. The Balaban J connectivity index is 1.36. The molecule has 2 heterocycles. The van der Waals surface area contributed by atoms with Crippen molar-refractivity contribution in [3.05, 3.63) is 47.7 Å². The molecule has 0 spiro atoms. The number of nitrogens with one attached hydrogen (secondary N) is 1. The van der Waals surface area contributed by atoms with Crippen molar-refractivity contribution in [1.82, 2.24) is 25.3 Å².